The van der Waals surface area contributed by atoms with Crippen LogP contribution < -0.4 is 5.56 Å². The van der Waals surface area contributed by atoms with Crippen molar-refractivity contribution in [2.75, 3.05) is 0 Å². The summed E-state index contributed by atoms with van der Waals surface area (Å²) in [7, 11) is 0. The third-order valence-corrected chi connectivity index (χ3v) is 6.33. The van der Waals surface area contributed by atoms with Crippen LogP contribution in [0.25, 0.3) is 38.9 Å². The van der Waals surface area contributed by atoms with Gasteiger partial charge >= 0.3 is 0 Å². The average Bonchev–Trinajstić information content (AvgIpc) is 3.10. The quantitative estimate of drug-likeness (QED) is 0.371. The van der Waals surface area contributed by atoms with Crippen molar-refractivity contribution in [1.82, 2.24) is 24.1 Å². The van der Waals surface area contributed by atoms with Gasteiger partial charge in [-0.25, -0.2) is 15.0 Å². The maximum Gasteiger partial charge on any atom is 0.265 e. The molecule has 6 nitrogen and oxygen atoms in total. The van der Waals surface area contributed by atoms with E-state index in [-0.39, 0.29) is 11.6 Å². The molecule has 0 aliphatic rings. The standard InChI is InChI=1S/C26H27N5O/c1-6-16(4)30-17(5)27-24-22(26(30)32)23-25(29-21-10-8-7-9-20(21)28-23)31(24)19-13-11-18(12-14-19)15(2)3/h7-16H,6H2,1-5H3/t16-/m1/s1. The fraction of sp³-hybridized carbons (Fsp3) is 0.308. The number of para-hydroxylation sites is 2. The van der Waals surface area contributed by atoms with E-state index < -0.39 is 0 Å². The molecule has 6 heteroatoms. The summed E-state index contributed by atoms with van der Waals surface area (Å²) in [5.74, 6) is 1.14. The van der Waals surface area contributed by atoms with Crippen molar-refractivity contribution in [3.63, 3.8) is 0 Å². The van der Waals surface area contributed by atoms with E-state index in [2.05, 4.69) is 45.0 Å². The van der Waals surface area contributed by atoms with Crippen LogP contribution in [-0.4, -0.2) is 24.1 Å². The van der Waals surface area contributed by atoms with E-state index in [9.17, 15) is 4.79 Å². The average molecular weight is 426 g/mol. The van der Waals surface area contributed by atoms with Gasteiger partial charge in [-0.3, -0.25) is 13.9 Å². The summed E-state index contributed by atoms with van der Waals surface area (Å²) in [6.07, 6.45) is 0.845. The van der Waals surface area contributed by atoms with E-state index >= 15 is 0 Å². The van der Waals surface area contributed by atoms with E-state index in [1.807, 2.05) is 42.7 Å². The van der Waals surface area contributed by atoms with Crippen molar-refractivity contribution in [2.45, 2.75) is 53.0 Å². The highest BCUT2D eigenvalue weighted by Gasteiger charge is 2.23. The van der Waals surface area contributed by atoms with E-state index in [0.717, 1.165) is 23.1 Å². The summed E-state index contributed by atoms with van der Waals surface area (Å²) in [6, 6.07) is 16.2. The molecule has 162 valence electrons. The zero-order valence-corrected chi connectivity index (χ0v) is 19.1. The van der Waals surface area contributed by atoms with Gasteiger partial charge in [-0.2, -0.15) is 0 Å². The van der Waals surface area contributed by atoms with Crippen LogP contribution in [0.2, 0.25) is 0 Å². The topological polar surface area (TPSA) is 65.6 Å². The van der Waals surface area contributed by atoms with Gasteiger partial charge in [-0.15, -0.1) is 0 Å². The Balaban J connectivity index is 1.95. The molecule has 0 aliphatic heterocycles. The molecule has 0 bridgehead atoms. The number of rotatable bonds is 4. The second-order valence-electron chi connectivity index (χ2n) is 8.76. The highest BCUT2D eigenvalue weighted by molar-refractivity contribution is 6.05. The van der Waals surface area contributed by atoms with Gasteiger partial charge in [0.15, 0.2) is 11.3 Å². The van der Waals surface area contributed by atoms with Crippen LogP contribution in [0, 0.1) is 6.92 Å². The normalized spacial score (nSPS) is 12.9. The summed E-state index contributed by atoms with van der Waals surface area (Å²) in [5.41, 5.74) is 5.54. The van der Waals surface area contributed by atoms with Gasteiger partial charge in [0.1, 0.15) is 16.7 Å². The van der Waals surface area contributed by atoms with Gasteiger partial charge in [0.25, 0.3) is 5.56 Å². The van der Waals surface area contributed by atoms with Gasteiger partial charge in [0.05, 0.1) is 11.0 Å². The van der Waals surface area contributed by atoms with Crippen molar-refractivity contribution in [2.24, 2.45) is 0 Å². The lowest BCUT2D eigenvalue weighted by Crippen LogP contribution is -2.26. The molecule has 2 aromatic carbocycles. The molecule has 0 saturated heterocycles. The van der Waals surface area contributed by atoms with Gasteiger partial charge in [-0.05, 0) is 56.0 Å². The Morgan fingerprint density at radius 3 is 2.16 bits per heavy atom. The van der Waals surface area contributed by atoms with Crippen LogP contribution in [0.15, 0.2) is 53.3 Å². The summed E-state index contributed by atoms with van der Waals surface area (Å²) in [4.78, 5) is 28.4. The first-order valence-corrected chi connectivity index (χ1v) is 11.2. The number of fused-ring (bicyclic) bond motifs is 4. The van der Waals surface area contributed by atoms with Gasteiger partial charge in [0.2, 0.25) is 0 Å². The van der Waals surface area contributed by atoms with Crippen LogP contribution in [-0.2, 0) is 0 Å². The van der Waals surface area contributed by atoms with Crippen molar-refractivity contribution < 1.29 is 0 Å². The largest absolute Gasteiger partial charge is 0.293 e. The minimum absolute atomic E-state index is 0.0524. The predicted octanol–water partition coefficient (Wildman–Crippen LogP) is 5.69. The molecule has 32 heavy (non-hydrogen) atoms. The summed E-state index contributed by atoms with van der Waals surface area (Å²) in [6.45, 7) is 10.4. The van der Waals surface area contributed by atoms with E-state index in [4.69, 9.17) is 15.0 Å². The van der Waals surface area contributed by atoms with Crippen LogP contribution in [0.4, 0.5) is 0 Å². The van der Waals surface area contributed by atoms with E-state index in [1.54, 1.807) is 4.57 Å². The zero-order valence-electron chi connectivity index (χ0n) is 19.1. The maximum absolute atomic E-state index is 13.7. The molecular formula is C26H27N5O. The SMILES string of the molecule is CC[C@@H](C)n1c(C)nc2c(c1=O)c1nc3ccccc3nc1n2-c1ccc(C(C)C)cc1. The zero-order chi connectivity index (χ0) is 22.6. The van der Waals surface area contributed by atoms with Gasteiger partial charge < -0.3 is 0 Å². The molecule has 0 saturated carbocycles. The minimum Gasteiger partial charge on any atom is -0.293 e. The van der Waals surface area contributed by atoms with Crippen molar-refractivity contribution in [3.05, 3.63) is 70.3 Å². The number of aromatic nitrogens is 5. The Morgan fingerprint density at radius 1 is 0.875 bits per heavy atom. The first-order chi connectivity index (χ1) is 15.4. The van der Waals surface area contributed by atoms with E-state index in [1.165, 1.54) is 5.56 Å². The Bertz CT molecular complexity index is 1530. The molecule has 3 heterocycles. The first kappa shape index (κ1) is 20.4. The van der Waals surface area contributed by atoms with Crippen LogP contribution in [0.1, 0.15) is 57.5 Å². The van der Waals surface area contributed by atoms with Crippen molar-refractivity contribution in [3.8, 4) is 5.69 Å². The molecule has 0 aliphatic carbocycles. The molecule has 5 aromatic rings. The fourth-order valence-electron chi connectivity index (χ4n) is 4.36. The number of hydrogen-bond acceptors (Lipinski definition) is 4. The number of aryl methyl sites for hydroxylation is 1. The third kappa shape index (κ3) is 3.01. The molecule has 1 atom stereocenters. The van der Waals surface area contributed by atoms with Crippen LogP contribution in [0.3, 0.4) is 0 Å². The highest BCUT2D eigenvalue weighted by atomic mass is 16.1. The minimum atomic E-state index is -0.0611. The Labute approximate surface area is 186 Å². The Morgan fingerprint density at radius 2 is 1.53 bits per heavy atom. The number of benzene rings is 2. The molecule has 0 fully saturated rings. The van der Waals surface area contributed by atoms with Crippen LogP contribution >= 0.6 is 0 Å². The molecule has 3 aromatic heterocycles. The molecule has 0 amide bonds. The molecular weight excluding hydrogens is 398 g/mol. The number of hydrogen-bond donors (Lipinski definition) is 0. The molecule has 5 rings (SSSR count). The number of nitrogens with zero attached hydrogens (tertiary/aromatic N) is 5. The Hall–Kier alpha value is -3.54. The van der Waals surface area contributed by atoms with Crippen LogP contribution in [0.5, 0.6) is 0 Å². The lowest BCUT2D eigenvalue weighted by molar-refractivity contribution is 0.497. The molecule has 0 unspecified atom stereocenters. The summed E-state index contributed by atoms with van der Waals surface area (Å²) >= 11 is 0. The second-order valence-corrected chi connectivity index (χ2v) is 8.76. The molecule has 0 radical (unpaired) electrons. The monoisotopic (exact) mass is 425 g/mol. The Kier molecular flexibility index (Phi) is 4.81. The lowest BCUT2D eigenvalue weighted by atomic mass is 10.0. The smallest absolute Gasteiger partial charge is 0.265 e. The fourth-order valence-corrected chi connectivity index (χ4v) is 4.36. The van der Waals surface area contributed by atoms with E-state index in [0.29, 0.717) is 33.9 Å². The van der Waals surface area contributed by atoms with Gasteiger partial charge in [-0.1, -0.05) is 45.0 Å². The highest BCUT2D eigenvalue weighted by Crippen LogP contribution is 2.30. The first-order valence-electron chi connectivity index (χ1n) is 11.2. The molecule has 0 spiro atoms. The summed E-state index contributed by atoms with van der Waals surface area (Å²) in [5, 5.41) is 0.525. The third-order valence-electron chi connectivity index (χ3n) is 6.33. The second kappa shape index (κ2) is 7.55. The maximum atomic E-state index is 13.7. The van der Waals surface area contributed by atoms with Gasteiger partial charge in [0, 0.05) is 11.7 Å². The van der Waals surface area contributed by atoms with Crippen molar-refractivity contribution >= 4 is 33.2 Å². The molecule has 0 N–H and O–H groups in total. The summed E-state index contributed by atoms with van der Waals surface area (Å²) < 4.78 is 3.76. The predicted molar refractivity (Wildman–Crippen MR) is 130 cm³/mol. The lowest BCUT2D eigenvalue weighted by Gasteiger charge is -2.16. The van der Waals surface area contributed by atoms with Crippen molar-refractivity contribution in [1.29, 1.82) is 0 Å².